The molecule has 0 aliphatic carbocycles. The lowest BCUT2D eigenvalue weighted by Crippen LogP contribution is -1.92. The number of nitrogens with zero attached hydrogens (tertiary/aromatic N) is 4. The predicted molar refractivity (Wildman–Crippen MR) is 83.4 cm³/mol. The summed E-state index contributed by atoms with van der Waals surface area (Å²) in [6.07, 6.45) is 0. The zero-order chi connectivity index (χ0) is 15.2. The molecule has 0 aliphatic heterocycles. The van der Waals surface area contributed by atoms with Crippen LogP contribution >= 0.6 is 0 Å². The van der Waals surface area contributed by atoms with Crippen LogP contribution in [0.15, 0.2) is 10.2 Å². The Labute approximate surface area is 121 Å². The Morgan fingerprint density at radius 2 is 0.850 bits per heavy atom. The van der Waals surface area contributed by atoms with E-state index in [2.05, 4.69) is 75.0 Å². The van der Waals surface area contributed by atoms with Crippen LogP contribution in [0.3, 0.4) is 0 Å². The molecular formula is C16H24N4. The number of aromatic nitrogens is 2. The highest BCUT2D eigenvalue weighted by Gasteiger charge is 2.14. The van der Waals surface area contributed by atoms with Crippen molar-refractivity contribution in [2.24, 2.45) is 24.3 Å². The van der Waals surface area contributed by atoms with Gasteiger partial charge in [0.1, 0.15) is 11.4 Å². The predicted octanol–water partition coefficient (Wildman–Crippen LogP) is 4.63. The average Bonchev–Trinajstić information content (AvgIpc) is 2.72. The smallest absolute Gasteiger partial charge is 0.109 e. The van der Waals surface area contributed by atoms with Crippen molar-refractivity contribution < 1.29 is 0 Å². The van der Waals surface area contributed by atoms with Crippen molar-refractivity contribution >= 4 is 11.4 Å². The van der Waals surface area contributed by atoms with E-state index in [1.807, 2.05) is 0 Å². The average molecular weight is 272 g/mol. The van der Waals surface area contributed by atoms with Gasteiger partial charge >= 0.3 is 0 Å². The van der Waals surface area contributed by atoms with E-state index in [4.69, 9.17) is 0 Å². The molecule has 2 aromatic heterocycles. The Hall–Kier alpha value is -1.84. The molecule has 2 rings (SSSR count). The Bertz CT molecular complexity index is 588. The minimum Gasteiger partial charge on any atom is -0.350 e. The van der Waals surface area contributed by atoms with Gasteiger partial charge in [-0.25, -0.2) is 0 Å². The highest BCUT2D eigenvalue weighted by molar-refractivity contribution is 5.56. The minimum absolute atomic E-state index is 0.991. The standard InChI is InChI=1S/C16H24N4/c1-9-11(3)19(7)13(5)15(9)17-18-16-10(2)12(4)20(8)14(16)6/h1-8H3. The summed E-state index contributed by atoms with van der Waals surface area (Å²) in [6.45, 7) is 12.6. The summed E-state index contributed by atoms with van der Waals surface area (Å²) < 4.78 is 4.33. The van der Waals surface area contributed by atoms with Crippen LogP contribution in [-0.4, -0.2) is 9.13 Å². The second kappa shape index (κ2) is 4.93. The molecular weight excluding hydrogens is 248 g/mol. The Morgan fingerprint density at radius 1 is 0.550 bits per heavy atom. The van der Waals surface area contributed by atoms with E-state index in [1.165, 1.54) is 22.5 Å². The molecule has 0 amide bonds. The fourth-order valence-corrected chi connectivity index (χ4v) is 2.60. The van der Waals surface area contributed by atoms with E-state index in [9.17, 15) is 0 Å². The lowest BCUT2D eigenvalue weighted by atomic mass is 10.2. The molecule has 108 valence electrons. The minimum atomic E-state index is 0.991. The Balaban J connectivity index is 2.51. The zero-order valence-corrected chi connectivity index (χ0v) is 13.8. The van der Waals surface area contributed by atoms with Crippen molar-refractivity contribution in [3.63, 3.8) is 0 Å². The first kappa shape index (κ1) is 14.6. The van der Waals surface area contributed by atoms with Crippen LogP contribution in [0.25, 0.3) is 0 Å². The Morgan fingerprint density at radius 3 is 1.05 bits per heavy atom. The van der Waals surface area contributed by atoms with Gasteiger partial charge in [-0.1, -0.05) is 0 Å². The van der Waals surface area contributed by atoms with Gasteiger partial charge in [0, 0.05) is 36.9 Å². The molecule has 2 aromatic rings. The van der Waals surface area contributed by atoms with Crippen LogP contribution in [0, 0.1) is 41.5 Å². The molecule has 0 radical (unpaired) electrons. The van der Waals surface area contributed by atoms with E-state index >= 15 is 0 Å². The van der Waals surface area contributed by atoms with E-state index in [0.717, 1.165) is 22.8 Å². The normalized spacial score (nSPS) is 11.8. The molecule has 4 heteroatoms. The monoisotopic (exact) mass is 272 g/mol. The molecule has 0 fully saturated rings. The van der Waals surface area contributed by atoms with Crippen LogP contribution < -0.4 is 0 Å². The van der Waals surface area contributed by atoms with Crippen LogP contribution in [-0.2, 0) is 14.1 Å². The molecule has 0 aliphatic rings. The van der Waals surface area contributed by atoms with Gasteiger partial charge in [-0.15, -0.1) is 10.2 Å². The van der Waals surface area contributed by atoms with E-state index in [1.54, 1.807) is 0 Å². The number of rotatable bonds is 2. The van der Waals surface area contributed by atoms with Crippen molar-refractivity contribution in [2.75, 3.05) is 0 Å². The summed E-state index contributed by atoms with van der Waals surface area (Å²) in [5, 5.41) is 9.05. The van der Waals surface area contributed by atoms with Crippen molar-refractivity contribution in [1.29, 1.82) is 0 Å². The Kier molecular flexibility index (Phi) is 3.59. The van der Waals surface area contributed by atoms with Crippen molar-refractivity contribution in [3.05, 3.63) is 33.9 Å². The third kappa shape index (κ3) is 1.99. The van der Waals surface area contributed by atoms with Crippen LogP contribution in [0.2, 0.25) is 0 Å². The zero-order valence-electron chi connectivity index (χ0n) is 13.8. The topological polar surface area (TPSA) is 34.6 Å². The maximum absolute atomic E-state index is 4.52. The van der Waals surface area contributed by atoms with Gasteiger partial charge in [-0.2, -0.15) is 0 Å². The largest absolute Gasteiger partial charge is 0.350 e. The van der Waals surface area contributed by atoms with E-state index in [-0.39, 0.29) is 0 Å². The molecule has 0 aromatic carbocycles. The summed E-state index contributed by atoms with van der Waals surface area (Å²) in [7, 11) is 4.14. The van der Waals surface area contributed by atoms with Crippen molar-refractivity contribution in [3.8, 4) is 0 Å². The lowest BCUT2D eigenvalue weighted by Gasteiger charge is -1.99. The van der Waals surface area contributed by atoms with Crippen molar-refractivity contribution in [2.45, 2.75) is 41.5 Å². The van der Waals surface area contributed by atoms with Gasteiger partial charge < -0.3 is 9.13 Å². The number of azo groups is 1. The fourth-order valence-electron chi connectivity index (χ4n) is 2.60. The summed E-state index contributed by atoms with van der Waals surface area (Å²) in [5.74, 6) is 0. The quantitative estimate of drug-likeness (QED) is 0.714. The van der Waals surface area contributed by atoms with E-state index < -0.39 is 0 Å². The van der Waals surface area contributed by atoms with Gasteiger partial charge in [0.05, 0.1) is 0 Å². The maximum atomic E-state index is 4.52. The van der Waals surface area contributed by atoms with Crippen LogP contribution in [0.4, 0.5) is 11.4 Å². The summed E-state index contributed by atoms with van der Waals surface area (Å²) >= 11 is 0. The molecule has 4 nitrogen and oxygen atoms in total. The van der Waals surface area contributed by atoms with Gasteiger partial charge in [0.25, 0.3) is 0 Å². The van der Waals surface area contributed by atoms with Gasteiger partial charge in [-0.05, 0) is 52.7 Å². The van der Waals surface area contributed by atoms with E-state index in [0.29, 0.717) is 0 Å². The summed E-state index contributed by atoms with van der Waals surface area (Å²) in [6, 6.07) is 0. The van der Waals surface area contributed by atoms with Gasteiger partial charge in [0.2, 0.25) is 0 Å². The second-order valence-corrected chi connectivity index (χ2v) is 5.61. The second-order valence-electron chi connectivity index (χ2n) is 5.61. The number of hydrogen-bond acceptors (Lipinski definition) is 2. The molecule has 0 N–H and O–H groups in total. The third-order valence-electron chi connectivity index (χ3n) is 4.74. The SMILES string of the molecule is Cc1c(N=Nc2c(C)c(C)n(C)c2C)c(C)n(C)c1C. The number of hydrogen-bond donors (Lipinski definition) is 0. The fraction of sp³-hybridized carbons (Fsp3) is 0.500. The first-order valence-corrected chi connectivity index (χ1v) is 6.94. The van der Waals surface area contributed by atoms with Gasteiger partial charge in [-0.3, -0.25) is 0 Å². The molecule has 0 bridgehead atoms. The van der Waals surface area contributed by atoms with Crippen LogP contribution in [0.5, 0.6) is 0 Å². The van der Waals surface area contributed by atoms with Crippen molar-refractivity contribution in [1.82, 2.24) is 9.13 Å². The summed E-state index contributed by atoms with van der Waals surface area (Å²) in [5.41, 5.74) is 9.20. The maximum Gasteiger partial charge on any atom is 0.109 e. The van der Waals surface area contributed by atoms with Gasteiger partial charge in [0.15, 0.2) is 0 Å². The highest BCUT2D eigenvalue weighted by Crippen LogP contribution is 2.33. The lowest BCUT2D eigenvalue weighted by molar-refractivity contribution is 0.838. The van der Waals surface area contributed by atoms with Crippen LogP contribution in [0.1, 0.15) is 33.9 Å². The molecule has 0 saturated carbocycles. The molecule has 0 atom stereocenters. The first-order valence-electron chi connectivity index (χ1n) is 6.94. The highest BCUT2D eigenvalue weighted by atomic mass is 15.2. The summed E-state index contributed by atoms with van der Waals surface area (Å²) in [4.78, 5) is 0. The molecule has 2 heterocycles. The first-order chi connectivity index (χ1) is 9.27. The molecule has 20 heavy (non-hydrogen) atoms. The molecule has 0 unspecified atom stereocenters. The molecule has 0 spiro atoms. The molecule has 0 saturated heterocycles. The third-order valence-corrected chi connectivity index (χ3v) is 4.74.